The summed E-state index contributed by atoms with van der Waals surface area (Å²) < 4.78 is 18.5. The summed E-state index contributed by atoms with van der Waals surface area (Å²) in [5, 5.41) is 2.01. The molecule has 176 valence electrons. The quantitative estimate of drug-likeness (QED) is 0.440. The van der Waals surface area contributed by atoms with Gasteiger partial charge in [-0.15, -0.1) is 11.3 Å². The molecule has 1 aromatic heterocycles. The summed E-state index contributed by atoms with van der Waals surface area (Å²) in [6.45, 7) is 9.90. The van der Waals surface area contributed by atoms with Crippen molar-refractivity contribution in [3.63, 3.8) is 0 Å². The molecule has 1 aromatic carbocycles. The Morgan fingerprint density at radius 2 is 1.72 bits per heavy atom. The fourth-order valence-corrected chi connectivity index (χ4v) is 4.22. The topological polar surface area (TPSA) is 49.9 Å². The van der Waals surface area contributed by atoms with Gasteiger partial charge in [-0.05, 0) is 53.5 Å². The molecule has 0 N–H and O–H groups in total. The van der Waals surface area contributed by atoms with Crippen LogP contribution in [-0.4, -0.2) is 48.4 Å². The molecule has 7 heteroatoms. The van der Waals surface area contributed by atoms with Crippen LogP contribution >= 0.6 is 11.3 Å². The molecule has 0 spiro atoms. The molecule has 0 saturated carbocycles. The first kappa shape index (κ1) is 26.0. The predicted octanol–water partition coefficient (Wildman–Crippen LogP) is 5.03. The largest absolute Gasteiger partial charge is 0.385 e. The van der Waals surface area contributed by atoms with Crippen molar-refractivity contribution in [2.45, 2.75) is 53.6 Å². The lowest BCUT2D eigenvalue weighted by atomic mass is 9.91. The van der Waals surface area contributed by atoms with Crippen molar-refractivity contribution in [2.75, 3.05) is 26.8 Å². The molecule has 0 aliphatic rings. The number of nitrogens with zero attached hydrogens (tertiary/aromatic N) is 2. The maximum absolute atomic E-state index is 13.4. The van der Waals surface area contributed by atoms with E-state index in [0.29, 0.717) is 39.1 Å². The van der Waals surface area contributed by atoms with Gasteiger partial charge in [0.2, 0.25) is 11.8 Å². The van der Waals surface area contributed by atoms with E-state index in [1.54, 1.807) is 40.4 Å². The lowest BCUT2D eigenvalue weighted by molar-refractivity contribution is -0.142. The summed E-state index contributed by atoms with van der Waals surface area (Å²) in [6.07, 6.45) is 1.04. The Balaban J connectivity index is 2.20. The minimum atomic E-state index is -0.308. The highest BCUT2D eigenvalue weighted by atomic mass is 32.1. The van der Waals surface area contributed by atoms with E-state index in [9.17, 15) is 14.0 Å². The van der Waals surface area contributed by atoms with Gasteiger partial charge in [0.1, 0.15) is 5.82 Å². The van der Waals surface area contributed by atoms with Crippen molar-refractivity contribution < 1.29 is 18.7 Å². The second kappa shape index (κ2) is 12.1. The van der Waals surface area contributed by atoms with E-state index in [4.69, 9.17) is 4.74 Å². The third-order valence-corrected chi connectivity index (χ3v) is 6.09. The smallest absolute Gasteiger partial charge is 0.242 e. The van der Waals surface area contributed by atoms with Gasteiger partial charge in [-0.25, -0.2) is 4.39 Å². The first-order valence-corrected chi connectivity index (χ1v) is 11.8. The van der Waals surface area contributed by atoms with Crippen LogP contribution in [0.25, 0.3) is 0 Å². The molecular weight excluding hydrogens is 427 g/mol. The molecule has 0 atom stereocenters. The lowest BCUT2D eigenvalue weighted by Crippen LogP contribution is -2.44. The molecule has 32 heavy (non-hydrogen) atoms. The van der Waals surface area contributed by atoms with Crippen LogP contribution in [0, 0.1) is 18.2 Å². The average Bonchev–Trinajstić information content (AvgIpc) is 3.11. The molecule has 2 rings (SSSR count). The van der Waals surface area contributed by atoms with E-state index >= 15 is 0 Å². The predicted molar refractivity (Wildman–Crippen MR) is 127 cm³/mol. The molecule has 5 nitrogen and oxygen atoms in total. The van der Waals surface area contributed by atoms with E-state index in [-0.39, 0.29) is 29.6 Å². The van der Waals surface area contributed by atoms with Gasteiger partial charge in [0.15, 0.2) is 0 Å². The fraction of sp³-hybridized carbons (Fsp3) is 0.520. The van der Waals surface area contributed by atoms with Gasteiger partial charge >= 0.3 is 0 Å². The van der Waals surface area contributed by atoms with Gasteiger partial charge in [0, 0.05) is 38.1 Å². The zero-order valence-electron chi connectivity index (χ0n) is 19.8. The molecule has 0 bridgehead atoms. The summed E-state index contributed by atoms with van der Waals surface area (Å²) in [4.78, 5) is 30.8. The molecule has 0 radical (unpaired) electrons. The highest BCUT2D eigenvalue weighted by Crippen LogP contribution is 2.22. The molecule has 0 unspecified atom stereocenters. The summed E-state index contributed by atoms with van der Waals surface area (Å²) in [5.41, 5.74) is 1.82. The number of hydrogen-bond donors (Lipinski definition) is 0. The Hall–Kier alpha value is -2.25. The standard InChI is InChI=1S/C25H35FN2O3S/c1-19-11-14-32-22(19)17-28(16-20-7-9-21(26)10-8-20)24(30)18-27(12-6-13-31-5)23(29)15-25(2,3)4/h7-11,14H,6,12-13,15-18H2,1-5H3. The molecule has 0 aliphatic heterocycles. The molecule has 0 aliphatic carbocycles. The van der Waals surface area contributed by atoms with E-state index in [1.165, 1.54) is 12.1 Å². The number of halogens is 1. The van der Waals surface area contributed by atoms with E-state index < -0.39 is 0 Å². The first-order chi connectivity index (χ1) is 15.1. The summed E-state index contributed by atoms with van der Waals surface area (Å²) in [7, 11) is 1.63. The Kier molecular flexibility index (Phi) is 9.84. The monoisotopic (exact) mass is 462 g/mol. The van der Waals surface area contributed by atoms with Crippen molar-refractivity contribution in [1.82, 2.24) is 9.80 Å². The minimum Gasteiger partial charge on any atom is -0.385 e. The van der Waals surface area contributed by atoms with E-state index in [1.807, 2.05) is 39.1 Å². The number of thiophene rings is 1. The van der Waals surface area contributed by atoms with Crippen molar-refractivity contribution >= 4 is 23.2 Å². The van der Waals surface area contributed by atoms with Gasteiger partial charge in [-0.1, -0.05) is 32.9 Å². The first-order valence-electron chi connectivity index (χ1n) is 10.9. The van der Waals surface area contributed by atoms with Crippen LogP contribution in [-0.2, 0) is 27.4 Å². The van der Waals surface area contributed by atoms with E-state index in [2.05, 4.69) is 0 Å². The number of carbonyl (C=O) groups excluding carboxylic acids is 2. The average molecular weight is 463 g/mol. The second-order valence-electron chi connectivity index (χ2n) is 9.30. The number of methoxy groups -OCH3 is 1. The zero-order chi connectivity index (χ0) is 23.7. The van der Waals surface area contributed by atoms with Crippen LogP contribution in [0.15, 0.2) is 35.7 Å². The van der Waals surface area contributed by atoms with Gasteiger partial charge < -0.3 is 14.5 Å². The molecule has 0 fully saturated rings. The summed E-state index contributed by atoms with van der Waals surface area (Å²) >= 11 is 1.61. The minimum absolute atomic E-state index is 0.0181. The Morgan fingerprint density at radius 3 is 2.28 bits per heavy atom. The third-order valence-electron chi connectivity index (χ3n) is 5.08. The molecule has 1 heterocycles. The zero-order valence-corrected chi connectivity index (χ0v) is 20.6. The maximum atomic E-state index is 13.4. The van der Waals surface area contributed by atoms with Crippen molar-refractivity contribution in [2.24, 2.45) is 5.41 Å². The van der Waals surface area contributed by atoms with Crippen LogP contribution in [0.2, 0.25) is 0 Å². The lowest BCUT2D eigenvalue weighted by Gasteiger charge is -2.30. The van der Waals surface area contributed by atoms with Crippen LogP contribution < -0.4 is 0 Å². The number of amides is 2. The van der Waals surface area contributed by atoms with Gasteiger partial charge in [-0.3, -0.25) is 9.59 Å². The van der Waals surface area contributed by atoms with Crippen molar-refractivity contribution in [1.29, 1.82) is 0 Å². The van der Waals surface area contributed by atoms with Crippen LogP contribution in [0.5, 0.6) is 0 Å². The Morgan fingerprint density at radius 1 is 1.03 bits per heavy atom. The van der Waals surface area contributed by atoms with Crippen LogP contribution in [0.1, 0.15) is 49.6 Å². The molecule has 2 amide bonds. The highest BCUT2D eigenvalue weighted by Gasteiger charge is 2.25. The van der Waals surface area contributed by atoms with Gasteiger partial charge in [-0.2, -0.15) is 0 Å². The van der Waals surface area contributed by atoms with Gasteiger partial charge in [0.25, 0.3) is 0 Å². The number of hydrogen-bond acceptors (Lipinski definition) is 4. The normalized spacial score (nSPS) is 11.4. The number of carbonyl (C=O) groups is 2. The Bertz CT molecular complexity index is 874. The SMILES string of the molecule is COCCCN(CC(=O)N(Cc1ccc(F)cc1)Cc1sccc1C)C(=O)CC(C)(C)C. The Labute approximate surface area is 195 Å². The number of ether oxygens (including phenoxy) is 1. The number of rotatable bonds is 11. The second-order valence-corrected chi connectivity index (χ2v) is 10.3. The van der Waals surface area contributed by atoms with Crippen molar-refractivity contribution in [3.8, 4) is 0 Å². The molecular formula is C25H35FN2O3S. The van der Waals surface area contributed by atoms with Crippen LogP contribution in [0.3, 0.4) is 0 Å². The van der Waals surface area contributed by atoms with Crippen molar-refractivity contribution in [3.05, 3.63) is 57.5 Å². The maximum Gasteiger partial charge on any atom is 0.242 e. The summed E-state index contributed by atoms with van der Waals surface area (Å²) in [6, 6.07) is 8.22. The van der Waals surface area contributed by atoms with E-state index in [0.717, 1.165) is 16.0 Å². The highest BCUT2D eigenvalue weighted by molar-refractivity contribution is 7.10. The third kappa shape index (κ3) is 8.71. The summed E-state index contributed by atoms with van der Waals surface area (Å²) in [5.74, 6) is -0.462. The molecule has 2 aromatic rings. The number of aryl methyl sites for hydroxylation is 1. The fourth-order valence-electron chi connectivity index (χ4n) is 3.30. The van der Waals surface area contributed by atoms with Crippen LogP contribution in [0.4, 0.5) is 4.39 Å². The molecule has 0 saturated heterocycles. The number of benzene rings is 1. The van der Waals surface area contributed by atoms with Gasteiger partial charge in [0.05, 0.1) is 13.1 Å².